The summed E-state index contributed by atoms with van der Waals surface area (Å²) in [6.45, 7) is 2.31. The van der Waals surface area contributed by atoms with E-state index < -0.39 is 16.6 Å². The fourth-order valence-electron chi connectivity index (χ4n) is 3.46. The van der Waals surface area contributed by atoms with Gasteiger partial charge in [0.05, 0.1) is 25.2 Å². The monoisotopic (exact) mass is 503 g/mol. The van der Waals surface area contributed by atoms with E-state index in [2.05, 4.69) is 26.2 Å². The van der Waals surface area contributed by atoms with Crippen molar-refractivity contribution in [3.63, 3.8) is 0 Å². The highest BCUT2D eigenvalue weighted by Crippen LogP contribution is 2.46. The lowest BCUT2D eigenvalue weighted by molar-refractivity contribution is -0.388. The van der Waals surface area contributed by atoms with Crippen LogP contribution in [0.4, 0.5) is 5.82 Å². The Kier molecular flexibility index (Phi) is 7.14. The van der Waals surface area contributed by atoms with Gasteiger partial charge in [-0.15, -0.1) is 0 Å². The first-order valence-electron chi connectivity index (χ1n) is 9.87. The standard InChI is InChI=1S/C22H22BrN3O6/c1-4-5-10-24-22(28)20(27)18-15(32-3)11-14(31-2)17-16(12-6-8-13(23)9-7-12)21(26(29)30)25-19(17)18/h6-9,11,25H,4-5,10H2,1-3H3,(H,24,28). The van der Waals surface area contributed by atoms with Crippen LogP contribution in [0.3, 0.4) is 0 Å². The second kappa shape index (κ2) is 9.82. The zero-order valence-electron chi connectivity index (χ0n) is 17.8. The highest BCUT2D eigenvalue weighted by molar-refractivity contribution is 9.10. The molecule has 0 saturated carbocycles. The summed E-state index contributed by atoms with van der Waals surface area (Å²) in [5, 5.41) is 14.8. The van der Waals surface area contributed by atoms with Gasteiger partial charge in [-0.1, -0.05) is 41.4 Å². The number of nitrogens with zero attached hydrogens (tertiary/aromatic N) is 1. The van der Waals surface area contributed by atoms with Crippen molar-refractivity contribution in [2.75, 3.05) is 20.8 Å². The Hall–Kier alpha value is -3.40. The summed E-state index contributed by atoms with van der Waals surface area (Å²) < 4.78 is 11.6. The number of carbonyl (C=O) groups excluding carboxylic acids is 2. The van der Waals surface area contributed by atoms with Gasteiger partial charge in [0.1, 0.15) is 17.1 Å². The van der Waals surface area contributed by atoms with E-state index in [1.54, 1.807) is 24.3 Å². The molecule has 3 aromatic rings. The number of ether oxygens (including phenoxy) is 2. The predicted molar refractivity (Wildman–Crippen MR) is 123 cm³/mol. The Morgan fingerprint density at radius 3 is 2.38 bits per heavy atom. The second-order valence-corrected chi connectivity index (χ2v) is 7.87. The van der Waals surface area contributed by atoms with Crippen LogP contribution in [0.25, 0.3) is 22.0 Å². The van der Waals surface area contributed by atoms with Gasteiger partial charge in [0, 0.05) is 17.1 Å². The number of carbonyl (C=O) groups is 2. The Balaban J connectivity index is 2.32. The molecule has 0 saturated heterocycles. The van der Waals surface area contributed by atoms with E-state index in [0.717, 1.165) is 17.3 Å². The fourth-order valence-corrected chi connectivity index (χ4v) is 3.73. The number of nitro groups is 1. The van der Waals surface area contributed by atoms with E-state index in [0.29, 0.717) is 17.5 Å². The fraction of sp³-hybridized carbons (Fsp3) is 0.273. The average molecular weight is 504 g/mol. The molecule has 9 nitrogen and oxygen atoms in total. The Morgan fingerprint density at radius 1 is 1.16 bits per heavy atom. The van der Waals surface area contributed by atoms with E-state index in [1.807, 2.05) is 6.92 Å². The van der Waals surface area contributed by atoms with Gasteiger partial charge >= 0.3 is 5.82 Å². The zero-order chi connectivity index (χ0) is 23.4. The number of amides is 1. The van der Waals surface area contributed by atoms with E-state index >= 15 is 0 Å². The smallest absolute Gasteiger partial charge is 0.330 e. The number of unbranched alkanes of at least 4 members (excludes halogenated alkanes) is 1. The molecule has 168 valence electrons. The van der Waals surface area contributed by atoms with Gasteiger partial charge in [-0.3, -0.25) is 9.59 Å². The summed E-state index contributed by atoms with van der Waals surface area (Å²) in [5.41, 5.74) is 0.795. The number of hydrogen-bond acceptors (Lipinski definition) is 6. The molecule has 0 radical (unpaired) electrons. The number of benzene rings is 2. The van der Waals surface area contributed by atoms with Crippen LogP contribution in [-0.4, -0.2) is 42.4 Å². The molecule has 0 aliphatic carbocycles. The van der Waals surface area contributed by atoms with Gasteiger partial charge in [-0.05, 0) is 29.0 Å². The first kappa shape index (κ1) is 23.3. The maximum Gasteiger partial charge on any atom is 0.330 e. The first-order chi connectivity index (χ1) is 15.3. The molecule has 32 heavy (non-hydrogen) atoms. The van der Waals surface area contributed by atoms with Crippen LogP contribution in [0.1, 0.15) is 30.1 Å². The number of aromatic amines is 1. The van der Waals surface area contributed by atoms with Crippen molar-refractivity contribution in [2.45, 2.75) is 19.8 Å². The molecular weight excluding hydrogens is 482 g/mol. The van der Waals surface area contributed by atoms with Crippen molar-refractivity contribution in [1.82, 2.24) is 10.3 Å². The molecule has 1 aromatic heterocycles. The third-order valence-corrected chi connectivity index (χ3v) is 5.52. The summed E-state index contributed by atoms with van der Waals surface area (Å²) in [6, 6.07) is 8.38. The van der Waals surface area contributed by atoms with Crippen LogP contribution in [0.5, 0.6) is 11.5 Å². The Labute approximate surface area is 192 Å². The van der Waals surface area contributed by atoms with E-state index in [9.17, 15) is 19.7 Å². The van der Waals surface area contributed by atoms with Crippen molar-refractivity contribution >= 4 is 44.3 Å². The minimum absolute atomic E-state index is 0.0727. The summed E-state index contributed by atoms with van der Waals surface area (Å²) in [7, 11) is 2.76. The lowest BCUT2D eigenvalue weighted by Crippen LogP contribution is -2.32. The molecular formula is C22H22BrN3O6. The minimum Gasteiger partial charge on any atom is -0.496 e. The molecule has 0 bridgehead atoms. The number of aromatic nitrogens is 1. The van der Waals surface area contributed by atoms with E-state index in [-0.39, 0.29) is 34.0 Å². The number of Topliss-reactive ketones (excluding diaryl/α,β-unsaturated/α-hetero) is 1. The van der Waals surface area contributed by atoms with Crippen LogP contribution in [0.15, 0.2) is 34.8 Å². The topological polar surface area (TPSA) is 124 Å². The second-order valence-electron chi connectivity index (χ2n) is 6.96. The highest BCUT2D eigenvalue weighted by atomic mass is 79.9. The largest absolute Gasteiger partial charge is 0.496 e. The molecule has 10 heteroatoms. The maximum atomic E-state index is 13.1. The van der Waals surface area contributed by atoms with Crippen LogP contribution >= 0.6 is 15.9 Å². The lowest BCUT2D eigenvalue weighted by atomic mass is 9.98. The number of fused-ring (bicyclic) bond motifs is 1. The van der Waals surface area contributed by atoms with Gasteiger partial charge in [-0.25, -0.2) is 4.98 Å². The van der Waals surface area contributed by atoms with Gasteiger partial charge in [0.25, 0.3) is 11.7 Å². The summed E-state index contributed by atoms with van der Waals surface area (Å²) in [5.74, 6) is -1.66. The van der Waals surface area contributed by atoms with E-state index in [4.69, 9.17) is 9.47 Å². The Bertz CT molecular complexity index is 1190. The van der Waals surface area contributed by atoms with Crippen LogP contribution in [0, 0.1) is 10.1 Å². The van der Waals surface area contributed by atoms with Crippen molar-refractivity contribution in [3.8, 4) is 22.6 Å². The van der Waals surface area contributed by atoms with Gasteiger partial charge in [0.2, 0.25) is 0 Å². The predicted octanol–water partition coefficient (Wildman–Crippen LogP) is 4.62. The van der Waals surface area contributed by atoms with Gasteiger partial charge < -0.3 is 24.9 Å². The van der Waals surface area contributed by atoms with E-state index in [1.165, 1.54) is 20.3 Å². The molecule has 2 N–H and O–H groups in total. The molecule has 3 rings (SSSR count). The lowest BCUT2D eigenvalue weighted by Gasteiger charge is -2.12. The number of rotatable bonds is 9. The van der Waals surface area contributed by atoms with Gasteiger partial charge in [0.15, 0.2) is 5.52 Å². The third-order valence-electron chi connectivity index (χ3n) is 4.99. The molecule has 2 aromatic carbocycles. The number of nitrogens with one attached hydrogen (secondary N) is 2. The highest BCUT2D eigenvalue weighted by Gasteiger charge is 2.33. The van der Waals surface area contributed by atoms with Crippen molar-refractivity contribution in [2.24, 2.45) is 0 Å². The van der Waals surface area contributed by atoms with Crippen molar-refractivity contribution < 1.29 is 24.0 Å². The zero-order valence-corrected chi connectivity index (χ0v) is 19.4. The van der Waals surface area contributed by atoms with Crippen LogP contribution < -0.4 is 14.8 Å². The normalized spacial score (nSPS) is 10.8. The average Bonchev–Trinajstić information content (AvgIpc) is 3.19. The number of ketones is 1. The first-order valence-corrected chi connectivity index (χ1v) is 10.7. The molecule has 0 spiro atoms. The number of methoxy groups -OCH3 is 2. The minimum atomic E-state index is -0.857. The quantitative estimate of drug-likeness (QED) is 0.144. The summed E-state index contributed by atoms with van der Waals surface area (Å²) in [6.07, 6.45) is 1.57. The molecule has 0 unspecified atom stereocenters. The summed E-state index contributed by atoms with van der Waals surface area (Å²) >= 11 is 3.35. The number of hydrogen-bond donors (Lipinski definition) is 2. The third kappa shape index (κ3) is 4.31. The maximum absolute atomic E-state index is 13.1. The Morgan fingerprint density at radius 2 is 1.81 bits per heavy atom. The van der Waals surface area contributed by atoms with Crippen molar-refractivity contribution in [3.05, 3.63) is 50.5 Å². The molecule has 0 atom stereocenters. The molecule has 0 aliphatic heterocycles. The SMILES string of the molecule is CCCCNC(=O)C(=O)c1c(OC)cc(OC)c2c(-c3ccc(Br)cc3)c([N+](=O)[O-])[nH]c12. The van der Waals surface area contributed by atoms with Crippen LogP contribution in [0.2, 0.25) is 0 Å². The molecule has 0 fully saturated rings. The van der Waals surface area contributed by atoms with Crippen molar-refractivity contribution in [1.29, 1.82) is 0 Å². The number of H-pyrrole nitrogens is 1. The number of halogens is 1. The molecule has 1 amide bonds. The van der Waals surface area contributed by atoms with Gasteiger partial charge in [-0.2, -0.15) is 0 Å². The molecule has 0 aliphatic rings. The summed E-state index contributed by atoms with van der Waals surface area (Å²) in [4.78, 5) is 39.7. The van der Waals surface area contributed by atoms with Crippen LogP contribution in [-0.2, 0) is 4.79 Å². The molecule has 1 heterocycles.